The highest BCUT2D eigenvalue weighted by atomic mass is 16.6. The molecule has 7 nitrogen and oxygen atoms in total. The first-order chi connectivity index (χ1) is 17.9. The topological polar surface area (TPSA) is 94.6 Å². The van der Waals surface area contributed by atoms with Gasteiger partial charge in [0, 0.05) is 46.0 Å². The van der Waals surface area contributed by atoms with Crippen LogP contribution in [-0.2, 0) is 4.79 Å². The number of aryl methyl sites for hydroxylation is 1. The Morgan fingerprint density at radius 3 is 2.57 bits per heavy atom. The van der Waals surface area contributed by atoms with Crippen molar-refractivity contribution in [3.05, 3.63) is 106 Å². The Bertz CT molecular complexity index is 1710. The number of fused-ring (bicyclic) bond motifs is 2. The molecule has 1 N–H and O–H groups in total. The van der Waals surface area contributed by atoms with E-state index in [0.717, 1.165) is 44.0 Å². The van der Waals surface area contributed by atoms with Gasteiger partial charge in [-0.05, 0) is 54.0 Å². The highest BCUT2D eigenvalue weighted by Crippen LogP contribution is 2.41. The van der Waals surface area contributed by atoms with Crippen molar-refractivity contribution in [2.75, 3.05) is 12.4 Å². The monoisotopic (exact) mass is 492 g/mol. The molecule has 5 aromatic rings. The van der Waals surface area contributed by atoms with Crippen molar-refractivity contribution in [1.29, 1.82) is 0 Å². The van der Waals surface area contributed by atoms with Crippen molar-refractivity contribution < 1.29 is 18.9 Å². The summed E-state index contributed by atoms with van der Waals surface area (Å²) < 4.78 is 11.7. The second-order valence-electron chi connectivity index (χ2n) is 8.79. The first-order valence-electron chi connectivity index (χ1n) is 11.7. The Labute approximate surface area is 213 Å². The minimum atomic E-state index is -0.502. The Kier molecular flexibility index (Phi) is 6.19. The average molecular weight is 493 g/mol. The smallest absolute Gasteiger partial charge is 0.271 e. The number of nitrogens with one attached hydrogen (secondary N) is 1. The predicted molar refractivity (Wildman–Crippen MR) is 146 cm³/mol. The van der Waals surface area contributed by atoms with Crippen LogP contribution in [0.1, 0.15) is 18.1 Å². The number of amides is 1. The van der Waals surface area contributed by atoms with E-state index in [0.29, 0.717) is 17.0 Å². The number of hydrogen-bond acceptors (Lipinski definition) is 5. The molecule has 0 unspecified atom stereocenters. The summed E-state index contributed by atoms with van der Waals surface area (Å²) in [6, 6.07) is 22.3. The Morgan fingerprint density at radius 2 is 1.81 bits per heavy atom. The van der Waals surface area contributed by atoms with Gasteiger partial charge in [0.2, 0.25) is 5.91 Å². The number of nitro groups is 1. The van der Waals surface area contributed by atoms with E-state index in [1.807, 2.05) is 32.0 Å². The maximum atomic E-state index is 12.8. The van der Waals surface area contributed by atoms with E-state index in [-0.39, 0.29) is 5.69 Å². The molecule has 1 amide bonds. The van der Waals surface area contributed by atoms with Gasteiger partial charge in [0.1, 0.15) is 11.3 Å². The number of furan rings is 1. The molecule has 0 aliphatic heterocycles. The zero-order valence-corrected chi connectivity index (χ0v) is 20.6. The molecule has 0 fully saturated rings. The second-order valence-corrected chi connectivity index (χ2v) is 8.79. The minimum Gasteiger partial charge on any atom is -0.496 e. The fraction of sp³-hybridized carbons (Fsp3) is 0.100. The number of ether oxygens (including phenoxy) is 1. The van der Waals surface area contributed by atoms with Crippen molar-refractivity contribution >= 4 is 44.6 Å². The third-order valence-electron chi connectivity index (χ3n) is 6.41. The normalized spacial score (nSPS) is 11.6. The van der Waals surface area contributed by atoms with Crippen LogP contribution in [-0.4, -0.2) is 17.9 Å². The molecule has 5 rings (SSSR count). The van der Waals surface area contributed by atoms with Crippen LogP contribution in [0, 0.1) is 17.0 Å². The number of carbonyl (C=O) groups is 1. The minimum absolute atomic E-state index is 0.0950. The molecular weight excluding hydrogens is 468 g/mol. The van der Waals surface area contributed by atoms with Crippen molar-refractivity contribution in [1.82, 2.24) is 0 Å². The van der Waals surface area contributed by atoms with Gasteiger partial charge in [-0.3, -0.25) is 14.9 Å². The third-order valence-corrected chi connectivity index (χ3v) is 6.41. The maximum Gasteiger partial charge on any atom is 0.271 e. The fourth-order valence-electron chi connectivity index (χ4n) is 4.60. The summed E-state index contributed by atoms with van der Waals surface area (Å²) in [5.74, 6) is 0.212. The van der Waals surface area contributed by atoms with Crippen LogP contribution in [0.3, 0.4) is 0 Å². The highest BCUT2D eigenvalue weighted by Gasteiger charge is 2.19. The summed E-state index contributed by atoms with van der Waals surface area (Å²) in [7, 11) is 1.58. The molecule has 1 heterocycles. The van der Waals surface area contributed by atoms with Crippen molar-refractivity contribution in [2.24, 2.45) is 0 Å². The van der Waals surface area contributed by atoms with Gasteiger partial charge in [-0.1, -0.05) is 42.5 Å². The molecule has 0 bridgehead atoms. The van der Waals surface area contributed by atoms with Gasteiger partial charge in [-0.15, -0.1) is 0 Å². The summed E-state index contributed by atoms with van der Waals surface area (Å²) in [6.07, 6.45) is 3.21. The number of nitro benzene ring substituents is 1. The molecule has 1 aromatic heterocycles. The number of allylic oxidation sites excluding steroid dienone is 1. The average Bonchev–Trinajstić information content (AvgIpc) is 3.32. The second kappa shape index (κ2) is 9.62. The molecular formula is C30H24N2O5. The van der Waals surface area contributed by atoms with Crippen LogP contribution in [0.5, 0.6) is 5.75 Å². The quantitative estimate of drug-likeness (QED) is 0.150. The summed E-state index contributed by atoms with van der Waals surface area (Å²) >= 11 is 0. The van der Waals surface area contributed by atoms with Crippen LogP contribution in [0.25, 0.3) is 38.4 Å². The lowest BCUT2D eigenvalue weighted by Gasteiger charge is -2.13. The van der Waals surface area contributed by atoms with Crippen LogP contribution in [0.4, 0.5) is 11.4 Å². The first-order valence-corrected chi connectivity index (χ1v) is 11.7. The number of non-ortho nitro benzene ring substituents is 1. The van der Waals surface area contributed by atoms with Gasteiger partial charge >= 0.3 is 0 Å². The van der Waals surface area contributed by atoms with E-state index in [2.05, 4.69) is 35.6 Å². The van der Waals surface area contributed by atoms with Gasteiger partial charge in [0.15, 0.2) is 0 Å². The number of hydrogen-bond donors (Lipinski definition) is 1. The maximum absolute atomic E-state index is 12.8. The highest BCUT2D eigenvalue weighted by molar-refractivity contribution is 6.06. The summed E-state index contributed by atoms with van der Waals surface area (Å²) in [5, 5.41) is 16.9. The Hall–Kier alpha value is -4.91. The fourth-order valence-corrected chi connectivity index (χ4v) is 4.60. The molecule has 0 atom stereocenters. The number of carbonyl (C=O) groups excluding carboxylic acids is 1. The lowest BCUT2D eigenvalue weighted by atomic mass is 9.95. The number of rotatable bonds is 6. The predicted octanol–water partition coefficient (Wildman–Crippen LogP) is 7.52. The van der Waals surface area contributed by atoms with Crippen LogP contribution in [0.15, 0.2) is 89.6 Å². The Balaban J connectivity index is 1.55. The molecule has 0 saturated carbocycles. The van der Waals surface area contributed by atoms with E-state index in [1.165, 1.54) is 24.3 Å². The lowest BCUT2D eigenvalue weighted by molar-refractivity contribution is -0.384. The zero-order chi connectivity index (χ0) is 26.1. The van der Waals surface area contributed by atoms with Gasteiger partial charge < -0.3 is 14.5 Å². The van der Waals surface area contributed by atoms with Crippen LogP contribution < -0.4 is 10.1 Å². The van der Waals surface area contributed by atoms with Gasteiger partial charge in [-0.25, -0.2) is 0 Å². The van der Waals surface area contributed by atoms with E-state index in [9.17, 15) is 14.9 Å². The van der Waals surface area contributed by atoms with Gasteiger partial charge in [0.05, 0.1) is 18.3 Å². The first kappa shape index (κ1) is 23.8. The van der Waals surface area contributed by atoms with Crippen LogP contribution in [0.2, 0.25) is 0 Å². The molecule has 0 aliphatic carbocycles. The molecule has 0 saturated heterocycles. The molecule has 0 radical (unpaired) electrons. The van der Waals surface area contributed by atoms with E-state index < -0.39 is 10.8 Å². The molecule has 0 spiro atoms. The van der Waals surface area contributed by atoms with E-state index in [1.54, 1.807) is 19.4 Å². The van der Waals surface area contributed by atoms with Gasteiger partial charge in [-0.2, -0.15) is 0 Å². The van der Waals surface area contributed by atoms with E-state index in [4.69, 9.17) is 9.15 Å². The standard InChI is InChI=1S/C30H24N2O5/c1-18(13-28(33)31-23-9-6-10-24(15-23)32(34)35)25-16-26-27(17-37-30(26)19(2)29(25)36-3)22-12-11-20-7-4-5-8-21(20)14-22/h4-17H,1-3H3,(H,31,33)/b18-13+. The van der Waals surface area contributed by atoms with E-state index >= 15 is 0 Å². The van der Waals surface area contributed by atoms with Crippen molar-refractivity contribution in [2.45, 2.75) is 13.8 Å². The van der Waals surface area contributed by atoms with Gasteiger partial charge in [0.25, 0.3) is 5.69 Å². The van der Waals surface area contributed by atoms with Crippen LogP contribution >= 0.6 is 0 Å². The summed E-state index contributed by atoms with van der Waals surface area (Å²) in [4.78, 5) is 23.3. The molecule has 0 aliphatic rings. The SMILES string of the molecule is COc1c(/C(C)=C/C(=O)Nc2cccc([N+](=O)[O-])c2)cc2c(-c3ccc4ccccc4c3)coc2c1C. The number of methoxy groups -OCH3 is 1. The zero-order valence-electron chi connectivity index (χ0n) is 20.6. The number of anilines is 1. The Morgan fingerprint density at radius 1 is 1.03 bits per heavy atom. The lowest BCUT2D eigenvalue weighted by Crippen LogP contribution is -2.09. The van der Waals surface area contributed by atoms with Crippen molar-refractivity contribution in [3.63, 3.8) is 0 Å². The molecule has 37 heavy (non-hydrogen) atoms. The largest absolute Gasteiger partial charge is 0.496 e. The number of benzene rings is 4. The van der Waals surface area contributed by atoms with Crippen molar-refractivity contribution in [3.8, 4) is 16.9 Å². The number of nitrogens with zero attached hydrogens (tertiary/aromatic N) is 1. The summed E-state index contributed by atoms with van der Waals surface area (Å²) in [5.41, 5.74) is 5.20. The molecule has 4 aromatic carbocycles. The third kappa shape index (κ3) is 4.54. The summed E-state index contributed by atoms with van der Waals surface area (Å²) in [6.45, 7) is 3.75. The molecule has 184 valence electrons. The molecule has 7 heteroatoms.